The van der Waals surface area contributed by atoms with Crippen molar-refractivity contribution in [3.63, 3.8) is 0 Å². The first-order valence-corrected chi connectivity index (χ1v) is 7.65. The number of nitrogens with zero attached hydrogens (tertiary/aromatic N) is 3. The van der Waals surface area contributed by atoms with Gasteiger partial charge in [0.25, 0.3) is 0 Å². The number of hydrogen-bond acceptors (Lipinski definition) is 3. The van der Waals surface area contributed by atoms with Crippen molar-refractivity contribution in [3.8, 4) is 22.7 Å². The smallest absolute Gasteiger partial charge is 0.167 e. The van der Waals surface area contributed by atoms with Crippen LogP contribution in [0.2, 0.25) is 5.02 Å². The lowest BCUT2D eigenvalue weighted by molar-refractivity contribution is 0.386. The number of ether oxygens (including phenoxy) is 1. The molecule has 0 bridgehead atoms. The standard InChI is InChI=1S/C16H12Cl2FN3O/c1-23-15-7-6-12(8-13(15)19)22-16(14(9-17)20-21-22)10-2-4-11(18)5-3-10/h2-8H,9H2,1H3. The molecular weight excluding hydrogens is 340 g/mol. The zero-order chi connectivity index (χ0) is 16.4. The summed E-state index contributed by atoms with van der Waals surface area (Å²) in [4.78, 5) is 0. The summed E-state index contributed by atoms with van der Waals surface area (Å²) in [6.45, 7) is 0. The van der Waals surface area contributed by atoms with Crippen LogP contribution in [-0.4, -0.2) is 22.1 Å². The van der Waals surface area contributed by atoms with Gasteiger partial charge >= 0.3 is 0 Å². The molecule has 0 aliphatic heterocycles. The lowest BCUT2D eigenvalue weighted by Crippen LogP contribution is -2.01. The number of halogens is 3. The fourth-order valence-corrected chi connectivity index (χ4v) is 2.57. The van der Waals surface area contributed by atoms with Gasteiger partial charge in [0.05, 0.1) is 24.4 Å². The normalized spacial score (nSPS) is 10.8. The summed E-state index contributed by atoms with van der Waals surface area (Å²) in [5, 5.41) is 8.79. The molecule has 0 aliphatic carbocycles. The van der Waals surface area contributed by atoms with Gasteiger partial charge in [-0.3, -0.25) is 0 Å². The molecule has 0 saturated carbocycles. The highest BCUT2D eigenvalue weighted by molar-refractivity contribution is 6.30. The molecule has 0 fully saturated rings. The Balaban J connectivity index is 2.15. The van der Waals surface area contributed by atoms with Gasteiger partial charge < -0.3 is 4.74 Å². The number of hydrogen-bond donors (Lipinski definition) is 0. The zero-order valence-corrected chi connectivity index (χ0v) is 13.6. The molecule has 0 atom stereocenters. The van der Waals surface area contributed by atoms with Gasteiger partial charge in [-0.2, -0.15) is 0 Å². The summed E-state index contributed by atoms with van der Waals surface area (Å²) in [5.74, 6) is -0.120. The predicted octanol–water partition coefficient (Wildman–Crippen LogP) is 4.47. The van der Waals surface area contributed by atoms with E-state index >= 15 is 0 Å². The second-order valence-electron chi connectivity index (χ2n) is 4.76. The largest absolute Gasteiger partial charge is 0.494 e. The molecule has 7 heteroatoms. The van der Waals surface area contributed by atoms with Crippen LogP contribution in [0, 0.1) is 5.82 Å². The molecule has 0 amide bonds. The molecule has 0 aliphatic rings. The molecular formula is C16H12Cl2FN3O. The molecule has 0 spiro atoms. The molecule has 4 nitrogen and oxygen atoms in total. The van der Waals surface area contributed by atoms with Gasteiger partial charge in [-0.25, -0.2) is 9.07 Å². The molecule has 2 aromatic carbocycles. The van der Waals surface area contributed by atoms with Gasteiger partial charge in [-0.05, 0) is 24.3 Å². The van der Waals surface area contributed by atoms with Crippen molar-refractivity contribution in [1.29, 1.82) is 0 Å². The molecule has 1 aromatic heterocycles. The topological polar surface area (TPSA) is 39.9 Å². The van der Waals surface area contributed by atoms with Crippen LogP contribution in [0.5, 0.6) is 5.75 Å². The Morgan fingerprint density at radius 3 is 2.52 bits per heavy atom. The van der Waals surface area contributed by atoms with Crippen LogP contribution in [-0.2, 0) is 5.88 Å². The first-order valence-electron chi connectivity index (χ1n) is 6.74. The number of benzene rings is 2. The average Bonchev–Trinajstić information content (AvgIpc) is 2.99. The fraction of sp³-hybridized carbons (Fsp3) is 0.125. The van der Waals surface area contributed by atoms with E-state index in [0.29, 0.717) is 22.1 Å². The molecule has 1 heterocycles. The summed E-state index contributed by atoms with van der Waals surface area (Å²) in [6, 6.07) is 11.8. The van der Waals surface area contributed by atoms with Crippen molar-refractivity contribution in [2.45, 2.75) is 5.88 Å². The van der Waals surface area contributed by atoms with Gasteiger partial charge in [0.1, 0.15) is 5.69 Å². The Hall–Kier alpha value is -2.11. The Bertz CT molecular complexity index is 834. The molecule has 3 aromatic rings. The van der Waals surface area contributed by atoms with Crippen LogP contribution in [0.15, 0.2) is 42.5 Å². The first-order chi connectivity index (χ1) is 11.1. The van der Waals surface area contributed by atoms with Crippen LogP contribution in [0.3, 0.4) is 0 Å². The molecule has 0 saturated heterocycles. The Kier molecular flexibility index (Phi) is 4.50. The maximum absolute atomic E-state index is 14.0. The van der Waals surface area contributed by atoms with Crippen molar-refractivity contribution in [2.24, 2.45) is 0 Å². The Morgan fingerprint density at radius 1 is 1.17 bits per heavy atom. The minimum Gasteiger partial charge on any atom is -0.494 e. The molecule has 3 rings (SSSR count). The molecule has 23 heavy (non-hydrogen) atoms. The summed E-state index contributed by atoms with van der Waals surface area (Å²) in [6.07, 6.45) is 0. The highest BCUT2D eigenvalue weighted by atomic mass is 35.5. The molecule has 0 radical (unpaired) electrons. The van der Waals surface area contributed by atoms with Gasteiger partial charge in [0.2, 0.25) is 0 Å². The fourth-order valence-electron chi connectivity index (χ4n) is 2.27. The maximum atomic E-state index is 14.0. The minimum atomic E-state index is -0.477. The van der Waals surface area contributed by atoms with E-state index in [4.69, 9.17) is 27.9 Å². The zero-order valence-electron chi connectivity index (χ0n) is 12.1. The highest BCUT2D eigenvalue weighted by Crippen LogP contribution is 2.29. The van der Waals surface area contributed by atoms with Crippen molar-refractivity contribution >= 4 is 23.2 Å². The van der Waals surface area contributed by atoms with Gasteiger partial charge in [-0.15, -0.1) is 16.7 Å². The maximum Gasteiger partial charge on any atom is 0.167 e. The SMILES string of the molecule is COc1ccc(-n2nnc(CCl)c2-c2ccc(Cl)cc2)cc1F. The van der Waals surface area contributed by atoms with E-state index in [0.717, 1.165) is 5.56 Å². The second-order valence-corrected chi connectivity index (χ2v) is 5.46. The van der Waals surface area contributed by atoms with Crippen LogP contribution in [0.4, 0.5) is 4.39 Å². The van der Waals surface area contributed by atoms with Crippen molar-refractivity contribution < 1.29 is 9.13 Å². The van der Waals surface area contributed by atoms with E-state index in [1.807, 2.05) is 12.1 Å². The van der Waals surface area contributed by atoms with Crippen molar-refractivity contribution in [3.05, 3.63) is 59.0 Å². The molecule has 118 valence electrons. The third-order valence-electron chi connectivity index (χ3n) is 3.36. The van der Waals surface area contributed by atoms with Gasteiger partial charge in [0, 0.05) is 16.7 Å². The first kappa shape index (κ1) is 15.8. The third-order valence-corrected chi connectivity index (χ3v) is 3.87. The minimum absolute atomic E-state index is 0.166. The van der Waals surface area contributed by atoms with Crippen LogP contribution in [0.25, 0.3) is 16.9 Å². The van der Waals surface area contributed by atoms with Crippen LogP contribution in [0.1, 0.15) is 5.69 Å². The second kappa shape index (κ2) is 6.56. The van der Waals surface area contributed by atoms with E-state index in [1.165, 1.54) is 13.2 Å². The van der Waals surface area contributed by atoms with Crippen molar-refractivity contribution in [2.75, 3.05) is 7.11 Å². The molecule has 0 N–H and O–H groups in total. The molecule has 0 unspecified atom stereocenters. The summed E-state index contributed by atoms with van der Waals surface area (Å²) in [5.41, 5.74) is 2.66. The van der Waals surface area contributed by atoms with E-state index < -0.39 is 5.82 Å². The quantitative estimate of drug-likeness (QED) is 0.651. The number of rotatable bonds is 4. The highest BCUT2D eigenvalue weighted by Gasteiger charge is 2.17. The summed E-state index contributed by atoms with van der Waals surface area (Å²) < 4.78 is 20.5. The average molecular weight is 352 g/mol. The summed E-state index contributed by atoms with van der Waals surface area (Å²) >= 11 is 11.9. The number of methoxy groups -OCH3 is 1. The van der Waals surface area contributed by atoms with E-state index in [2.05, 4.69) is 10.3 Å². The van der Waals surface area contributed by atoms with E-state index in [-0.39, 0.29) is 11.6 Å². The van der Waals surface area contributed by atoms with Gasteiger partial charge in [-0.1, -0.05) is 28.9 Å². The summed E-state index contributed by atoms with van der Waals surface area (Å²) in [7, 11) is 1.41. The van der Waals surface area contributed by atoms with Crippen molar-refractivity contribution in [1.82, 2.24) is 15.0 Å². The lowest BCUT2D eigenvalue weighted by atomic mass is 10.1. The predicted molar refractivity (Wildman–Crippen MR) is 87.9 cm³/mol. The van der Waals surface area contributed by atoms with E-state index in [1.54, 1.807) is 28.9 Å². The number of alkyl halides is 1. The monoisotopic (exact) mass is 351 g/mol. The lowest BCUT2D eigenvalue weighted by Gasteiger charge is -2.09. The Labute approximate surface area is 142 Å². The van der Waals surface area contributed by atoms with Gasteiger partial charge in [0.15, 0.2) is 11.6 Å². The third kappa shape index (κ3) is 3.02. The van der Waals surface area contributed by atoms with Crippen LogP contribution >= 0.6 is 23.2 Å². The van der Waals surface area contributed by atoms with E-state index in [9.17, 15) is 4.39 Å². The van der Waals surface area contributed by atoms with Crippen LogP contribution < -0.4 is 4.74 Å². The number of aromatic nitrogens is 3. The Morgan fingerprint density at radius 2 is 1.91 bits per heavy atom.